The first-order valence-corrected chi connectivity index (χ1v) is 13.3. The van der Waals surface area contributed by atoms with Crippen LogP contribution in [0.4, 0.5) is 0 Å². The summed E-state index contributed by atoms with van der Waals surface area (Å²) in [5.41, 5.74) is 11.4. The van der Waals surface area contributed by atoms with Crippen LogP contribution in [0, 0.1) is 13.0 Å². The van der Waals surface area contributed by atoms with Crippen molar-refractivity contribution < 1.29 is 20.1 Å². The molecule has 0 bridgehead atoms. The number of thiophene rings is 1. The van der Waals surface area contributed by atoms with Gasteiger partial charge in [-0.25, -0.2) is 0 Å². The van der Waals surface area contributed by atoms with Gasteiger partial charge in [-0.2, -0.15) is 11.3 Å². The van der Waals surface area contributed by atoms with E-state index in [9.17, 15) is 0 Å². The maximum Gasteiger partial charge on any atom is 0.0318 e. The minimum Gasteiger partial charge on any atom is -0.305 e. The van der Waals surface area contributed by atoms with Crippen molar-refractivity contribution in [2.45, 2.75) is 19.8 Å². The Morgan fingerprint density at radius 3 is 2.65 bits per heavy atom. The van der Waals surface area contributed by atoms with Crippen LogP contribution in [0.25, 0.3) is 65.0 Å². The van der Waals surface area contributed by atoms with Gasteiger partial charge in [-0.05, 0) is 85.8 Å². The minimum atomic E-state index is 0. The van der Waals surface area contributed by atoms with E-state index in [1.807, 2.05) is 17.5 Å². The molecule has 0 atom stereocenters. The van der Waals surface area contributed by atoms with Gasteiger partial charge in [0.1, 0.15) is 0 Å². The number of rotatable bonds is 2. The number of allylic oxidation sites excluding steroid dienone is 3. The van der Waals surface area contributed by atoms with Crippen molar-refractivity contribution in [3.8, 4) is 22.4 Å². The third-order valence-electron chi connectivity index (χ3n) is 7.73. The molecule has 0 N–H and O–H groups in total. The van der Waals surface area contributed by atoms with Gasteiger partial charge < -0.3 is 4.98 Å². The second kappa shape index (κ2) is 8.60. The van der Waals surface area contributed by atoms with E-state index in [1.54, 1.807) is 0 Å². The summed E-state index contributed by atoms with van der Waals surface area (Å²) in [5.74, 6) is 0. The second-order valence-electron chi connectivity index (χ2n) is 9.93. The van der Waals surface area contributed by atoms with Gasteiger partial charge in [0.15, 0.2) is 0 Å². The average molecular weight is 669 g/mol. The van der Waals surface area contributed by atoms with Crippen molar-refractivity contribution in [3.63, 3.8) is 0 Å². The van der Waals surface area contributed by atoms with Crippen molar-refractivity contribution in [2.24, 2.45) is 0 Å². The number of aromatic nitrogens is 1. The fraction of sp³-hybridized carbons (Fsp3) is 0.0882. The SMILES string of the molecule is Cc1ccc(-c2ccnc(-c3[c-]cc4sc5c6ccc7c8c6c(cc5c4c3)CC=C8CC=C7)c2)cc1.[Ir]. The van der Waals surface area contributed by atoms with Crippen LogP contribution in [0.1, 0.15) is 28.7 Å². The Hall–Kier alpha value is -3.36. The largest absolute Gasteiger partial charge is 0.305 e. The predicted octanol–water partition coefficient (Wildman–Crippen LogP) is 9.40. The van der Waals surface area contributed by atoms with Crippen LogP contribution < -0.4 is 0 Å². The van der Waals surface area contributed by atoms with Crippen LogP contribution in [0.3, 0.4) is 0 Å². The molecule has 0 fully saturated rings. The molecule has 0 saturated heterocycles. The van der Waals surface area contributed by atoms with Gasteiger partial charge in [-0.1, -0.05) is 77.7 Å². The first kappa shape index (κ1) is 22.8. The number of hydrogen-bond acceptors (Lipinski definition) is 2. The smallest absolute Gasteiger partial charge is 0.0318 e. The van der Waals surface area contributed by atoms with Crippen LogP contribution in [0.5, 0.6) is 0 Å². The Balaban J connectivity index is 0.00000231. The molecular weight excluding hydrogens is 647 g/mol. The molecule has 0 amide bonds. The molecule has 8 rings (SSSR count). The van der Waals surface area contributed by atoms with E-state index in [0.29, 0.717) is 0 Å². The predicted molar refractivity (Wildman–Crippen MR) is 154 cm³/mol. The van der Waals surface area contributed by atoms with Crippen LogP contribution in [-0.4, -0.2) is 4.98 Å². The quantitative estimate of drug-likeness (QED) is 0.168. The van der Waals surface area contributed by atoms with Crippen molar-refractivity contribution >= 4 is 53.9 Å². The Bertz CT molecular complexity index is 1940. The van der Waals surface area contributed by atoms with Gasteiger partial charge in [0.05, 0.1) is 0 Å². The van der Waals surface area contributed by atoms with E-state index >= 15 is 0 Å². The maximum absolute atomic E-state index is 4.72. The van der Waals surface area contributed by atoms with Crippen LogP contribution in [0.2, 0.25) is 0 Å². The molecule has 4 aromatic carbocycles. The van der Waals surface area contributed by atoms with Crippen LogP contribution in [0.15, 0.2) is 85.1 Å². The third-order valence-corrected chi connectivity index (χ3v) is 8.93. The number of benzene rings is 4. The topological polar surface area (TPSA) is 12.9 Å². The van der Waals surface area contributed by atoms with Crippen molar-refractivity contribution in [1.29, 1.82) is 0 Å². The van der Waals surface area contributed by atoms with Gasteiger partial charge in [0.2, 0.25) is 0 Å². The van der Waals surface area contributed by atoms with Gasteiger partial charge in [-0.15, -0.1) is 23.8 Å². The number of aryl methyl sites for hydroxylation is 1. The Labute approximate surface area is 233 Å². The zero-order valence-corrected chi connectivity index (χ0v) is 23.5. The zero-order valence-electron chi connectivity index (χ0n) is 20.3. The molecule has 0 unspecified atom stereocenters. The molecule has 1 radical (unpaired) electrons. The van der Waals surface area contributed by atoms with E-state index in [0.717, 1.165) is 24.1 Å². The van der Waals surface area contributed by atoms with Crippen LogP contribution in [-0.2, 0) is 26.5 Å². The molecule has 0 saturated carbocycles. The summed E-state index contributed by atoms with van der Waals surface area (Å²) in [6, 6.07) is 28.0. The number of nitrogens with zero attached hydrogens (tertiary/aromatic N) is 1. The first-order valence-electron chi connectivity index (χ1n) is 12.5. The molecule has 179 valence electrons. The molecule has 2 heterocycles. The minimum absolute atomic E-state index is 0. The monoisotopic (exact) mass is 669 g/mol. The molecule has 2 aromatic heterocycles. The average Bonchev–Trinajstić information content (AvgIpc) is 3.30. The molecule has 2 aliphatic rings. The zero-order chi connectivity index (χ0) is 23.8. The molecular formula is C34H22IrNS-. The number of fused-ring (bicyclic) bond motifs is 4. The summed E-state index contributed by atoms with van der Waals surface area (Å²) in [6.45, 7) is 2.12. The van der Waals surface area contributed by atoms with Crippen molar-refractivity contribution in [3.05, 3.63) is 113 Å². The normalized spacial score (nSPS) is 13.7. The van der Waals surface area contributed by atoms with E-state index in [-0.39, 0.29) is 20.1 Å². The number of pyridine rings is 1. The fourth-order valence-electron chi connectivity index (χ4n) is 5.92. The van der Waals surface area contributed by atoms with E-state index < -0.39 is 0 Å². The van der Waals surface area contributed by atoms with E-state index in [4.69, 9.17) is 4.98 Å². The van der Waals surface area contributed by atoms with Crippen LogP contribution >= 0.6 is 11.3 Å². The van der Waals surface area contributed by atoms with Crippen molar-refractivity contribution in [1.82, 2.24) is 4.98 Å². The van der Waals surface area contributed by atoms with Gasteiger partial charge in [0.25, 0.3) is 0 Å². The molecule has 0 spiro atoms. The molecule has 3 heteroatoms. The molecule has 6 aromatic rings. The maximum atomic E-state index is 4.72. The summed E-state index contributed by atoms with van der Waals surface area (Å²) >= 11 is 1.89. The Kier molecular flexibility index (Phi) is 5.30. The summed E-state index contributed by atoms with van der Waals surface area (Å²) < 4.78 is 2.67. The molecule has 37 heavy (non-hydrogen) atoms. The molecule has 2 aliphatic carbocycles. The number of hydrogen-bond donors (Lipinski definition) is 0. The van der Waals surface area contributed by atoms with Gasteiger partial charge in [0, 0.05) is 31.0 Å². The molecule has 0 aliphatic heterocycles. The third kappa shape index (κ3) is 3.49. The molecule has 1 nitrogen and oxygen atoms in total. The second-order valence-corrected chi connectivity index (χ2v) is 11.0. The summed E-state index contributed by atoms with van der Waals surface area (Å²) in [7, 11) is 0. The first-order chi connectivity index (χ1) is 17.7. The van der Waals surface area contributed by atoms with Crippen molar-refractivity contribution in [2.75, 3.05) is 0 Å². The summed E-state index contributed by atoms with van der Waals surface area (Å²) in [5, 5.41) is 5.51. The Morgan fingerprint density at radius 2 is 1.76 bits per heavy atom. The summed E-state index contributed by atoms with van der Waals surface area (Å²) in [4.78, 5) is 4.72. The fourth-order valence-corrected chi connectivity index (χ4v) is 7.10. The van der Waals surface area contributed by atoms with E-state index in [1.165, 1.54) is 69.9 Å². The standard InChI is InChI=1S/C34H22NS.Ir/c1-20-5-7-21(8-6-20)24-15-16-35-30(19-24)25-12-14-31-28(17-25)29-18-26-10-9-22-3-2-4-23-11-13-27(34(29)36-31)33(26)32(22)23;/h2,4-9,11,13-19H,3,10H2,1H3;/q-1;. The van der Waals surface area contributed by atoms with Gasteiger partial charge in [-0.3, -0.25) is 0 Å². The van der Waals surface area contributed by atoms with Gasteiger partial charge >= 0.3 is 0 Å². The summed E-state index contributed by atoms with van der Waals surface area (Å²) in [6.07, 6.45) is 11.0. The Morgan fingerprint density at radius 1 is 0.865 bits per heavy atom. The van der Waals surface area contributed by atoms with E-state index in [2.05, 4.69) is 97.9 Å².